The van der Waals surface area contributed by atoms with Gasteiger partial charge >= 0.3 is 0 Å². The van der Waals surface area contributed by atoms with E-state index in [1.54, 1.807) is 24.3 Å². The zero-order valence-corrected chi connectivity index (χ0v) is 12.3. The van der Waals surface area contributed by atoms with Crippen molar-refractivity contribution >= 4 is 11.8 Å². The molecular formula is C16H21N3O2. The molecule has 0 spiro atoms. The molecule has 112 valence electrons. The maximum atomic E-state index is 12.3. The second-order valence-electron chi connectivity index (χ2n) is 5.79. The molecule has 2 amide bonds. The van der Waals surface area contributed by atoms with Crippen molar-refractivity contribution in [2.75, 3.05) is 33.2 Å². The molecule has 0 saturated carbocycles. The number of fused-ring (bicyclic) bond motifs is 1. The lowest BCUT2D eigenvalue weighted by Crippen LogP contribution is -2.47. The van der Waals surface area contributed by atoms with E-state index in [1.165, 1.54) is 17.7 Å². The van der Waals surface area contributed by atoms with Crippen LogP contribution in [0.25, 0.3) is 0 Å². The van der Waals surface area contributed by atoms with Gasteiger partial charge in [-0.15, -0.1) is 0 Å². The second kappa shape index (κ2) is 5.95. The number of amides is 2. The third kappa shape index (κ3) is 2.71. The van der Waals surface area contributed by atoms with Crippen LogP contribution in [0.15, 0.2) is 24.3 Å². The molecule has 2 aliphatic rings. The van der Waals surface area contributed by atoms with E-state index in [-0.39, 0.29) is 11.8 Å². The highest BCUT2D eigenvalue weighted by atomic mass is 16.2. The molecule has 1 fully saturated rings. The summed E-state index contributed by atoms with van der Waals surface area (Å²) >= 11 is 0. The van der Waals surface area contributed by atoms with Crippen LogP contribution >= 0.6 is 0 Å². The number of carbonyl (C=O) groups is 2. The Bertz CT molecular complexity index is 517. The minimum Gasteiger partial charge on any atom is -0.315 e. The molecule has 2 aliphatic heterocycles. The quantitative estimate of drug-likeness (QED) is 0.838. The van der Waals surface area contributed by atoms with Crippen molar-refractivity contribution in [3.63, 3.8) is 0 Å². The highest BCUT2D eigenvalue weighted by molar-refractivity contribution is 6.21. The van der Waals surface area contributed by atoms with E-state index < -0.39 is 0 Å². The summed E-state index contributed by atoms with van der Waals surface area (Å²) in [6, 6.07) is 7.55. The third-order valence-electron chi connectivity index (χ3n) is 4.45. The SMILES string of the molecule is CN(CCN1C(=O)c2ccccc2C1=O)C1CCCNC1. The summed E-state index contributed by atoms with van der Waals surface area (Å²) in [5.41, 5.74) is 1.06. The van der Waals surface area contributed by atoms with Crippen molar-refractivity contribution in [3.05, 3.63) is 35.4 Å². The number of piperidine rings is 1. The Balaban J connectivity index is 1.61. The molecule has 1 aromatic rings. The number of nitrogens with zero attached hydrogens (tertiary/aromatic N) is 2. The van der Waals surface area contributed by atoms with Gasteiger partial charge in [0.1, 0.15) is 0 Å². The first-order chi connectivity index (χ1) is 10.2. The average Bonchev–Trinajstić information content (AvgIpc) is 2.78. The van der Waals surface area contributed by atoms with Crippen LogP contribution in [0.2, 0.25) is 0 Å². The Labute approximate surface area is 124 Å². The number of hydrogen-bond donors (Lipinski definition) is 1. The summed E-state index contributed by atoms with van der Waals surface area (Å²) in [7, 11) is 2.07. The third-order valence-corrected chi connectivity index (χ3v) is 4.45. The highest BCUT2D eigenvalue weighted by Crippen LogP contribution is 2.22. The molecule has 5 nitrogen and oxygen atoms in total. The molecule has 1 unspecified atom stereocenters. The van der Waals surface area contributed by atoms with Crippen LogP contribution in [-0.2, 0) is 0 Å². The van der Waals surface area contributed by atoms with E-state index in [0.29, 0.717) is 23.7 Å². The fraction of sp³-hybridized carbons (Fsp3) is 0.500. The van der Waals surface area contributed by atoms with Crippen LogP contribution in [0.4, 0.5) is 0 Å². The monoisotopic (exact) mass is 287 g/mol. The molecule has 0 bridgehead atoms. The molecule has 1 atom stereocenters. The number of carbonyl (C=O) groups excluding carboxylic acids is 2. The maximum absolute atomic E-state index is 12.3. The maximum Gasteiger partial charge on any atom is 0.261 e. The molecule has 2 heterocycles. The predicted molar refractivity (Wildman–Crippen MR) is 80.3 cm³/mol. The Morgan fingerprint density at radius 2 is 1.90 bits per heavy atom. The van der Waals surface area contributed by atoms with Gasteiger partial charge in [0.05, 0.1) is 11.1 Å². The van der Waals surface area contributed by atoms with Crippen LogP contribution in [0.5, 0.6) is 0 Å². The molecule has 1 N–H and O–H groups in total. The minimum absolute atomic E-state index is 0.161. The molecule has 0 aliphatic carbocycles. The van der Waals surface area contributed by atoms with Crippen molar-refractivity contribution in [1.29, 1.82) is 0 Å². The van der Waals surface area contributed by atoms with Crippen LogP contribution < -0.4 is 5.32 Å². The van der Waals surface area contributed by atoms with E-state index >= 15 is 0 Å². The standard InChI is InChI=1S/C16H21N3O2/c1-18(12-5-4-8-17-11-12)9-10-19-15(20)13-6-2-3-7-14(13)16(19)21/h2-3,6-7,12,17H,4-5,8-11H2,1H3. The van der Waals surface area contributed by atoms with Crippen molar-refractivity contribution < 1.29 is 9.59 Å². The molecule has 21 heavy (non-hydrogen) atoms. The van der Waals surface area contributed by atoms with Gasteiger partial charge in [-0.05, 0) is 38.6 Å². The molecule has 5 heteroatoms. The lowest BCUT2D eigenvalue weighted by Gasteiger charge is -2.32. The second-order valence-corrected chi connectivity index (χ2v) is 5.79. The van der Waals surface area contributed by atoms with E-state index in [0.717, 1.165) is 19.6 Å². The van der Waals surface area contributed by atoms with Crippen LogP contribution in [-0.4, -0.2) is 60.9 Å². The van der Waals surface area contributed by atoms with Gasteiger partial charge in [-0.2, -0.15) is 0 Å². The first kappa shape index (κ1) is 14.2. The molecule has 0 aromatic heterocycles. The minimum atomic E-state index is -0.161. The zero-order chi connectivity index (χ0) is 14.8. The first-order valence-corrected chi connectivity index (χ1v) is 7.54. The molecule has 1 saturated heterocycles. The summed E-state index contributed by atoms with van der Waals surface area (Å²) in [4.78, 5) is 28.2. The van der Waals surface area contributed by atoms with Gasteiger partial charge in [-0.3, -0.25) is 14.5 Å². The van der Waals surface area contributed by atoms with Crippen LogP contribution in [0.3, 0.4) is 0 Å². The topological polar surface area (TPSA) is 52.7 Å². The smallest absolute Gasteiger partial charge is 0.261 e. The van der Waals surface area contributed by atoms with Gasteiger partial charge in [0.2, 0.25) is 0 Å². The first-order valence-electron chi connectivity index (χ1n) is 7.54. The molecule has 1 aromatic carbocycles. The Morgan fingerprint density at radius 1 is 1.24 bits per heavy atom. The summed E-state index contributed by atoms with van der Waals surface area (Å²) < 4.78 is 0. The lowest BCUT2D eigenvalue weighted by molar-refractivity contribution is 0.0629. The summed E-state index contributed by atoms with van der Waals surface area (Å²) in [6.07, 6.45) is 2.35. The number of imide groups is 1. The van der Waals surface area contributed by atoms with Gasteiger partial charge in [0, 0.05) is 25.7 Å². The van der Waals surface area contributed by atoms with Crippen molar-refractivity contribution in [2.24, 2.45) is 0 Å². The number of likely N-dealkylation sites (N-methyl/N-ethyl adjacent to an activating group) is 1. The largest absolute Gasteiger partial charge is 0.315 e. The predicted octanol–water partition coefficient (Wildman–Crippen LogP) is 0.966. The fourth-order valence-corrected chi connectivity index (χ4v) is 3.09. The molecular weight excluding hydrogens is 266 g/mol. The molecule has 0 radical (unpaired) electrons. The average molecular weight is 287 g/mol. The van der Waals surface area contributed by atoms with Crippen LogP contribution in [0, 0.1) is 0 Å². The number of nitrogens with one attached hydrogen (secondary N) is 1. The van der Waals surface area contributed by atoms with Crippen molar-refractivity contribution in [2.45, 2.75) is 18.9 Å². The van der Waals surface area contributed by atoms with Gasteiger partial charge in [-0.25, -0.2) is 0 Å². The normalized spacial score (nSPS) is 22.0. The van der Waals surface area contributed by atoms with Gasteiger partial charge < -0.3 is 10.2 Å². The van der Waals surface area contributed by atoms with Crippen molar-refractivity contribution in [1.82, 2.24) is 15.1 Å². The van der Waals surface area contributed by atoms with E-state index in [1.807, 2.05) is 0 Å². The van der Waals surface area contributed by atoms with Gasteiger partial charge in [0.15, 0.2) is 0 Å². The van der Waals surface area contributed by atoms with E-state index in [2.05, 4.69) is 17.3 Å². The van der Waals surface area contributed by atoms with Crippen LogP contribution in [0.1, 0.15) is 33.6 Å². The highest BCUT2D eigenvalue weighted by Gasteiger charge is 2.35. The number of benzene rings is 1. The summed E-state index contributed by atoms with van der Waals surface area (Å²) in [6.45, 7) is 3.25. The summed E-state index contributed by atoms with van der Waals surface area (Å²) in [5.74, 6) is -0.323. The summed E-state index contributed by atoms with van der Waals surface area (Å²) in [5, 5.41) is 3.39. The fourth-order valence-electron chi connectivity index (χ4n) is 3.09. The zero-order valence-electron chi connectivity index (χ0n) is 12.3. The number of hydrogen-bond acceptors (Lipinski definition) is 4. The molecule has 3 rings (SSSR count). The Kier molecular flexibility index (Phi) is 4.03. The Morgan fingerprint density at radius 3 is 2.48 bits per heavy atom. The Hall–Kier alpha value is -1.72. The number of rotatable bonds is 4. The lowest BCUT2D eigenvalue weighted by atomic mass is 10.1. The van der Waals surface area contributed by atoms with E-state index in [9.17, 15) is 9.59 Å². The van der Waals surface area contributed by atoms with Crippen molar-refractivity contribution in [3.8, 4) is 0 Å². The van der Waals surface area contributed by atoms with Gasteiger partial charge in [-0.1, -0.05) is 12.1 Å². The van der Waals surface area contributed by atoms with E-state index in [4.69, 9.17) is 0 Å². The van der Waals surface area contributed by atoms with Gasteiger partial charge in [0.25, 0.3) is 11.8 Å².